The summed E-state index contributed by atoms with van der Waals surface area (Å²) in [5, 5.41) is 30.4. The van der Waals surface area contributed by atoms with Crippen molar-refractivity contribution in [3.05, 3.63) is 64.2 Å². The number of rotatable bonds is 6. The van der Waals surface area contributed by atoms with Crippen LogP contribution in [0.2, 0.25) is 5.02 Å². The van der Waals surface area contributed by atoms with Gasteiger partial charge < -0.3 is 24.8 Å². The molecule has 1 heterocycles. The topological polar surface area (TPSA) is 79.2 Å². The minimum absolute atomic E-state index is 0.201. The molecule has 0 saturated carbocycles. The van der Waals surface area contributed by atoms with Crippen LogP contribution in [0, 0.1) is 0 Å². The zero-order chi connectivity index (χ0) is 19.4. The second kappa shape index (κ2) is 9.04. The van der Waals surface area contributed by atoms with Crippen LogP contribution in [0.1, 0.15) is 36.1 Å². The van der Waals surface area contributed by atoms with Crippen LogP contribution < -0.4 is 4.74 Å². The highest BCUT2D eigenvalue weighted by Gasteiger charge is 2.37. The van der Waals surface area contributed by atoms with Gasteiger partial charge in [0.15, 0.2) is 0 Å². The lowest BCUT2D eigenvalue weighted by Crippen LogP contribution is -2.44. The largest absolute Gasteiger partial charge is 0.494 e. The molecule has 6 heteroatoms. The second-order valence-electron chi connectivity index (χ2n) is 6.76. The molecule has 1 fully saturated rings. The van der Waals surface area contributed by atoms with Crippen LogP contribution in [0.3, 0.4) is 0 Å². The van der Waals surface area contributed by atoms with Crippen molar-refractivity contribution in [2.75, 3.05) is 13.2 Å². The molecule has 3 N–H and O–H groups in total. The van der Waals surface area contributed by atoms with Crippen molar-refractivity contribution in [1.82, 2.24) is 0 Å². The smallest absolute Gasteiger partial charge is 0.119 e. The van der Waals surface area contributed by atoms with Gasteiger partial charge in [0.05, 0.1) is 25.4 Å². The summed E-state index contributed by atoms with van der Waals surface area (Å²) in [4.78, 5) is 0. The first-order chi connectivity index (χ1) is 13.0. The summed E-state index contributed by atoms with van der Waals surface area (Å²) in [5.74, 6) is 0.823. The van der Waals surface area contributed by atoms with E-state index in [-0.39, 0.29) is 13.0 Å². The molecular weight excluding hydrogens is 368 g/mol. The van der Waals surface area contributed by atoms with E-state index in [0.29, 0.717) is 18.1 Å². The molecule has 0 aliphatic carbocycles. The van der Waals surface area contributed by atoms with E-state index in [1.165, 1.54) is 0 Å². The van der Waals surface area contributed by atoms with E-state index < -0.39 is 24.4 Å². The van der Waals surface area contributed by atoms with Gasteiger partial charge in [-0.25, -0.2) is 0 Å². The van der Waals surface area contributed by atoms with Crippen molar-refractivity contribution in [1.29, 1.82) is 0 Å². The van der Waals surface area contributed by atoms with Gasteiger partial charge >= 0.3 is 0 Å². The Labute approximate surface area is 164 Å². The monoisotopic (exact) mass is 392 g/mol. The standard InChI is InChI=1S/C21H25ClO5/c1-2-26-16-6-3-13(4-7-16)9-15-10-14(5-8-18(15)22)21-20(25)19(24)11-17(12-23)27-21/h3-8,10,17,19-21,23-25H,2,9,11-12H2,1H3/t17-,19-,20?,21-/m0/s1. The summed E-state index contributed by atoms with van der Waals surface area (Å²) in [6.45, 7) is 2.36. The Balaban J connectivity index is 1.81. The third kappa shape index (κ3) is 4.81. The summed E-state index contributed by atoms with van der Waals surface area (Å²) < 4.78 is 11.2. The lowest BCUT2D eigenvalue weighted by molar-refractivity contribution is -0.179. The number of benzene rings is 2. The SMILES string of the molecule is CCOc1ccc(Cc2cc([C@@H]3O[C@H](CO)C[C@H](O)C3O)ccc2Cl)cc1. The lowest BCUT2D eigenvalue weighted by atomic mass is 9.91. The van der Waals surface area contributed by atoms with Crippen molar-refractivity contribution in [3.63, 3.8) is 0 Å². The van der Waals surface area contributed by atoms with Gasteiger partial charge in [-0.05, 0) is 48.2 Å². The molecule has 146 valence electrons. The van der Waals surface area contributed by atoms with Gasteiger partial charge in [0.1, 0.15) is 18.0 Å². The molecule has 5 nitrogen and oxygen atoms in total. The predicted molar refractivity (Wildman–Crippen MR) is 103 cm³/mol. The quantitative estimate of drug-likeness (QED) is 0.704. The Kier molecular flexibility index (Phi) is 6.73. The van der Waals surface area contributed by atoms with E-state index in [2.05, 4.69) is 0 Å². The highest BCUT2D eigenvalue weighted by Crippen LogP contribution is 2.34. The molecular formula is C21H25ClO5. The van der Waals surface area contributed by atoms with Crippen LogP contribution in [0.15, 0.2) is 42.5 Å². The average molecular weight is 393 g/mol. The maximum Gasteiger partial charge on any atom is 0.119 e. The Morgan fingerprint density at radius 3 is 2.56 bits per heavy atom. The molecule has 0 aromatic heterocycles. The molecule has 0 amide bonds. The molecule has 2 aromatic carbocycles. The maximum atomic E-state index is 10.3. The summed E-state index contributed by atoms with van der Waals surface area (Å²) >= 11 is 6.37. The summed E-state index contributed by atoms with van der Waals surface area (Å²) in [7, 11) is 0. The Hall–Kier alpha value is -1.63. The van der Waals surface area contributed by atoms with E-state index in [9.17, 15) is 15.3 Å². The Morgan fingerprint density at radius 2 is 1.89 bits per heavy atom. The third-order valence-electron chi connectivity index (χ3n) is 4.78. The van der Waals surface area contributed by atoms with Gasteiger partial charge in [0.2, 0.25) is 0 Å². The zero-order valence-corrected chi connectivity index (χ0v) is 16.0. The van der Waals surface area contributed by atoms with Crippen LogP contribution in [-0.2, 0) is 11.2 Å². The first-order valence-corrected chi connectivity index (χ1v) is 9.52. The van der Waals surface area contributed by atoms with E-state index in [1.807, 2.05) is 37.3 Å². The fourth-order valence-electron chi connectivity index (χ4n) is 3.34. The summed E-state index contributed by atoms with van der Waals surface area (Å²) in [6, 6.07) is 13.3. The van der Waals surface area contributed by atoms with E-state index in [0.717, 1.165) is 22.4 Å². The van der Waals surface area contributed by atoms with Crippen LogP contribution in [0.4, 0.5) is 0 Å². The molecule has 0 bridgehead atoms. The molecule has 0 radical (unpaired) electrons. The second-order valence-corrected chi connectivity index (χ2v) is 7.17. The van der Waals surface area contributed by atoms with E-state index in [1.54, 1.807) is 12.1 Å². The van der Waals surface area contributed by atoms with Gasteiger partial charge in [-0.15, -0.1) is 0 Å². The third-order valence-corrected chi connectivity index (χ3v) is 5.15. The number of ether oxygens (including phenoxy) is 2. The fraction of sp³-hybridized carbons (Fsp3) is 0.429. The van der Waals surface area contributed by atoms with Crippen LogP contribution in [-0.4, -0.2) is 46.8 Å². The number of aliphatic hydroxyl groups excluding tert-OH is 3. The number of hydrogen-bond acceptors (Lipinski definition) is 5. The predicted octanol–water partition coefficient (Wildman–Crippen LogP) is 2.87. The van der Waals surface area contributed by atoms with Crippen molar-refractivity contribution < 1.29 is 24.8 Å². The summed E-state index contributed by atoms with van der Waals surface area (Å²) in [5.41, 5.74) is 2.70. The first-order valence-electron chi connectivity index (χ1n) is 9.14. The lowest BCUT2D eigenvalue weighted by Gasteiger charge is -2.37. The van der Waals surface area contributed by atoms with Crippen molar-refractivity contribution in [3.8, 4) is 5.75 Å². The molecule has 1 aliphatic rings. The highest BCUT2D eigenvalue weighted by molar-refractivity contribution is 6.31. The highest BCUT2D eigenvalue weighted by atomic mass is 35.5. The van der Waals surface area contributed by atoms with Crippen LogP contribution >= 0.6 is 11.6 Å². The van der Waals surface area contributed by atoms with Gasteiger partial charge in [0, 0.05) is 11.4 Å². The molecule has 1 saturated heterocycles. The molecule has 1 aliphatic heterocycles. The fourth-order valence-corrected chi connectivity index (χ4v) is 3.53. The zero-order valence-electron chi connectivity index (χ0n) is 15.2. The molecule has 4 atom stereocenters. The average Bonchev–Trinajstić information content (AvgIpc) is 2.67. The molecule has 1 unspecified atom stereocenters. The number of hydrogen-bond donors (Lipinski definition) is 3. The van der Waals surface area contributed by atoms with Gasteiger partial charge in [-0.2, -0.15) is 0 Å². The van der Waals surface area contributed by atoms with E-state index >= 15 is 0 Å². The molecule has 3 rings (SSSR count). The maximum absolute atomic E-state index is 10.3. The minimum atomic E-state index is -1.05. The number of aliphatic hydroxyl groups is 3. The minimum Gasteiger partial charge on any atom is -0.494 e. The van der Waals surface area contributed by atoms with Crippen LogP contribution in [0.25, 0.3) is 0 Å². The first kappa shape index (κ1) is 20.1. The van der Waals surface area contributed by atoms with E-state index in [4.69, 9.17) is 21.1 Å². The Bertz CT molecular complexity index is 749. The number of halogens is 1. The van der Waals surface area contributed by atoms with Gasteiger partial charge in [-0.3, -0.25) is 0 Å². The normalized spacial score (nSPS) is 25.4. The molecule has 2 aromatic rings. The van der Waals surface area contributed by atoms with Crippen LogP contribution in [0.5, 0.6) is 5.75 Å². The van der Waals surface area contributed by atoms with Crippen molar-refractivity contribution in [2.45, 2.75) is 44.2 Å². The van der Waals surface area contributed by atoms with Crippen molar-refractivity contribution >= 4 is 11.6 Å². The Morgan fingerprint density at radius 1 is 1.15 bits per heavy atom. The summed E-state index contributed by atoms with van der Waals surface area (Å²) in [6.07, 6.45) is -2.37. The van der Waals surface area contributed by atoms with Crippen molar-refractivity contribution in [2.24, 2.45) is 0 Å². The molecule has 27 heavy (non-hydrogen) atoms. The van der Waals surface area contributed by atoms with Gasteiger partial charge in [-0.1, -0.05) is 35.9 Å². The van der Waals surface area contributed by atoms with Gasteiger partial charge in [0.25, 0.3) is 0 Å². The molecule has 0 spiro atoms.